The van der Waals surface area contributed by atoms with Crippen molar-refractivity contribution in [2.24, 2.45) is 0 Å². The molecular formula is C16H12Cl2N2O2. The molecule has 4 nitrogen and oxygen atoms in total. The smallest absolute Gasteiger partial charge is 0.254 e. The lowest BCUT2D eigenvalue weighted by atomic mass is 10.1. The minimum atomic E-state index is -0.278. The maximum Gasteiger partial charge on any atom is 0.254 e. The van der Waals surface area contributed by atoms with Crippen LogP contribution in [0.15, 0.2) is 42.5 Å². The van der Waals surface area contributed by atoms with Crippen LogP contribution in [0.2, 0.25) is 10.0 Å². The monoisotopic (exact) mass is 334 g/mol. The molecule has 0 fully saturated rings. The van der Waals surface area contributed by atoms with Crippen LogP contribution in [0, 0.1) is 0 Å². The number of halogens is 2. The average molecular weight is 335 g/mol. The van der Waals surface area contributed by atoms with Gasteiger partial charge in [0.25, 0.3) is 5.91 Å². The van der Waals surface area contributed by atoms with Gasteiger partial charge in [0.05, 0.1) is 10.0 Å². The number of carbonyl (C=O) groups excluding carboxylic acids is 2. The Morgan fingerprint density at radius 2 is 1.91 bits per heavy atom. The van der Waals surface area contributed by atoms with E-state index in [1.807, 2.05) is 18.2 Å². The van der Waals surface area contributed by atoms with E-state index in [1.54, 1.807) is 24.3 Å². The van der Waals surface area contributed by atoms with Crippen LogP contribution in [0.1, 0.15) is 15.9 Å². The SMILES string of the molecule is O=C(CN1Cc2ccccc2C1=O)Nc1ccc(Cl)c(Cl)c1. The van der Waals surface area contributed by atoms with Crippen molar-refractivity contribution >= 4 is 40.7 Å². The standard InChI is InChI=1S/C16H12Cl2N2O2/c17-13-6-5-11(7-14(13)18)19-15(21)9-20-8-10-3-1-2-4-12(10)16(20)22/h1-7H,8-9H2,(H,19,21). The normalized spacial score (nSPS) is 13.2. The molecule has 0 saturated carbocycles. The second kappa shape index (κ2) is 5.99. The molecule has 0 spiro atoms. The first kappa shape index (κ1) is 14.9. The van der Waals surface area contributed by atoms with Crippen LogP contribution in [0.3, 0.4) is 0 Å². The Kier molecular flexibility index (Phi) is 4.05. The molecule has 1 aliphatic heterocycles. The van der Waals surface area contributed by atoms with Gasteiger partial charge in [-0.1, -0.05) is 41.4 Å². The number of anilines is 1. The molecule has 6 heteroatoms. The number of carbonyl (C=O) groups is 2. The van der Waals surface area contributed by atoms with Crippen molar-refractivity contribution in [2.75, 3.05) is 11.9 Å². The fourth-order valence-electron chi connectivity index (χ4n) is 2.39. The Morgan fingerprint density at radius 3 is 2.64 bits per heavy atom. The van der Waals surface area contributed by atoms with Crippen molar-refractivity contribution in [1.29, 1.82) is 0 Å². The first-order valence-electron chi connectivity index (χ1n) is 6.66. The highest BCUT2D eigenvalue weighted by Crippen LogP contribution is 2.25. The summed E-state index contributed by atoms with van der Waals surface area (Å²) in [7, 11) is 0. The van der Waals surface area contributed by atoms with Gasteiger partial charge in [-0.05, 0) is 29.8 Å². The summed E-state index contributed by atoms with van der Waals surface area (Å²) in [5.74, 6) is -0.403. The maximum absolute atomic E-state index is 12.2. The number of hydrogen-bond acceptors (Lipinski definition) is 2. The van der Waals surface area contributed by atoms with E-state index in [1.165, 1.54) is 4.90 Å². The Hall–Kier alpha value is -2.04. The molecule has 1 N–H and O–H groups in total. The van der Waals surface area contributed by atoms with E-state index < -0.39 is 0 Å². The molecule has 0 atom stereocenters. The van der Waals surface area contributed by atoms with Gasteiger partial charge in [0.1, 0.15) is 6.54 Å². The fourth-order valence-corrected chi connectivity index (χ4v) is 2.69. The zero-order valence-electron chi connectivity index (χ0n) is 11.5. The minimum absolute atomic E-state index is 0.00619. The molecule has 1 aliphatic rings. The van der Waals surface area contributed by atoms with Crippen LogP contribution in [0.4, 0.5) is 5.69 Å². The third kappa shape index (κ3) is 2.93. The fraction of sp³-hybridized carbons (Fsp3) is 0.125. The predicted molar refractivity (Wildman–Crippen MR) is 86.3 cm³/mol. The van der Waals surface area contributed by atoms with Gasteiger partial charge in [-0.15, -0.1) is 0 Å². The summed E-state index contributed by atoms with van der Waals surface area (Å²) in [5, 5.41) is 3.49. The quantitative estimate of drug-likeness (QED) is 0.932. The van der Waals surface area contributed by atoms with Crippen LogP contribution < -0.4 is 5.32 Å². The van der Waals surface area contributed by atoms with Crippen LogP contribution in [-0.4, -0.2) is 23.3 Å². The lowest BCUT2D eigenvalue weighted by molar-refractivity contribution is -0.116. The van der Waals surface area contributed by atoms with Crippen molar-refractivity contribution in [3.8, 4) is 0 Å². The number of fused-ring (bicyclic) bond motifs is 1. The summed E-state index contributed by atoms with van der Waals surface area (Å²) in [6, 6.07) is 12.2. The topological polar surface area (TPSA) is 49.4 Å². The molecule has 0 radical (unpaired) electrons. The van der Waals surface area contributed by atoms with Crippen LogP contribution >= 0.6 is 23.2 Å². The third-order valence-corrected chi connectivity index (χ3v) is 4.17. The van der Waals surface area contributed by atoms with Crippen molar-refractivity contribution in [3.05, 3.63) is 63.6 Å². The first-order chi connectivity index (χ1) is 10.5. The van der Waals surface area contributed by atoms with Crippen LogP contribution in [-0.2, 0) is 11.3 Å². The molecule has 0 saturated heterocycles. The summed E-state index contributed by atoms with van der Waals surface area (Å²) < 4.78 is 0. The number of rotatable bonds is 3. The summed E-state index contributed by atoms with van der Waals surface area (Å²) in [6.07, 6.45) is 0. The van der Waals surface area contributed by atoms with Gasteiger partial charge in [0.2, 0.25) is 5.91 Å². The van der Waals surface area contributed by atoms with Crippen molar-refractivity contribution in [2.45, 2.75) is 6.54 Å². The minimum Gasteiger partial charge on any atom is -0.325 e. The summed E-state index contributed by atoms with van der Waals surface area (Å²) in [6.45, 7) is 0.442. The Labute approximate surface area is 137 Å². The average Bonchev–Trinajstić information content (AvgIpc) is 2.80. The molecule has 22 heavy (non-hydrogen) atoms. The number of amides is 2. The number of nitrogens with one attached hydrogen (secondary N) is 1. The maximum atomic E-state index is 12.2. The lowest BCUT2D eigenvalue weighted by Crippen LogP contribution is -2.33. The van der Waals surface area contributed by atoms with Gasteiger partial charge in [0, 0.05) is 17.8 Å². The second-order valence-corrected chi connectivity index (χ2v) is 5.81. The zero-order valence-corrected chi connectivity index (χ0v) is 13.0. The molecule has 0 aromatic heterocycles. The van der Waals surface area contributed by atoms with Gasteiger partial charge in [-0.2, -0.15) is 0 Å². The largest absolute Gasteiger partial charge is 0.325 e. The third-order valence-electron chi connectivity index (χ3n) is 3.43. The summed E-state index contributed by atoms with van der Waals surface area (Å²) in [5.41, 5.74) is 2.14. The number of benzene rings is 2. The molecule has 112 valence electrons. The van der Waals surface area contributed by atoms with Gasteiger partial charge >= 0.3 is 0 Å². The van der Waals surface area contributed by atoms with Crippen LogP contribution in [0.25, 0.3) is 0 Å². The number of hydrogen-bond donors (Lipinski definition) is 1. The molecule has 2 amide bonds. The second-order valence-electron chi connectivity index (χ2n) is 5.00. The highest BCUT2D eigenvalue weighted by Gasteiger charge is 2.28. The molecule has 0 aliphatic carbocycles. The zero-order chi connectivity index (χ0) is 15.7. The predicted octanol–water partition coefficient (Wildman–Crippen LogP) is 3.59. The van der Waals surface area contributed by atoms with E-state index in [4.69, 9.17) is 23.2 Å². The van der Waals surface area contributed by atoms with Crippen LogP contribution in [0.5, 0.6) is 0 Å². The highest BCUT2D eigenvalue weighted by atomic mass is 35.5. The molecular weight excluding hydrogens is 323 g/mol. The van der Waals surface area contributed by atoms with Gasteiger partial charge in [-0.25, -0.2) is 0 Å². The first-order valence-corrected chi connectivity index (χ1v) is 7.42. The van der Waals surface area contributed by atoms with E-state index in [0.717, 1.165) is 5.56 Å². The van der Waals surface area contributed by atoms with Crippen molar-refractivity contribution < 1.29 is 9.59 Å². The van der Waals surface area contributed by atoms with Gasteiger partial charge in [-0.3, -0.25) is 9.59 Å². The molecule has 2 aromatic carbocycles. The Balaban J connectivity index is 1.66. The molecule has 1 heterocycles. The van der Waals surface area contributed by atoms with E-state index >= 15 is 0 Å². The van der Waals surface area contributed by atoms with Crippen molar-refractivity contribution in [3.63, 3.8) is 0 Å². The molecule has 0 bridgehead atoms. The van der Waals surface area contributed by atoms with E-state index in [9.17, 15) is 9.59 Å². The van der Waals surface area contributed by atoms with E-state index in [0.29, 0.717) is 27.8 Å². The van der Waals surface area contributed by atoms with E-state index in [2.05, 4.69) is 5.32 Å². The lowest BCUT2D eigenvalue weighted by Gasteiger charge is -2.15. The molecule has 3 rings (SSSR count). The number of nitrogens with zero attached hydrogens (tertiary/aromatic N) is 1. The molecule has 0 unspecified atom stereocenters. The Bertz CT molecular complexity index is 762. The van der Waals surface area contributed by atoms with E-state index in [-0.39, 0.29) is 18.4 Å². The van der Waals surface area contributed by atoms with Gasteiger partial charge < -0.3 is 10.2 Å². The van der Waals surface area contributed by atoms with Gasteiger partial charge in [0.15, 0.2) is 0 Å². The Morgan fingerprint density at radius 1 is 1.14 bits per heavy atom. The highest BCUT2D eigenvalue weighted by molar-refractivity contribution is 6.42. The molecule has 2 aromatic rings. The summed E-state index contributed by atoms with van der Waals surface area (Å²) >= 11 is 11.7. The van der Waals surface area contributed by atoms with Crippen molar-refractivity contribution in [1.82, 2.24) is 4.90 Å². The summed E-state index contributed by atoms with van der Waals surface area (Å²) in [4.78, 5) is 25.8.